The molecule has 0 aliphatic heterocycles. The standard InChI is InChI=1S/C17H23NO2/c1-2-3-4-5-6-7-12-17(19)20-16-13-14-10-8-9-11-15(14)18-16/h8-11,13,18H,2-7,12H2,1H3. The lowest BCUT2D eigenvalue weighted by atomic mass is 10.1. The Kier molecular flexibility index (Phi) is 5.66. The molecule has 0 saturated heterocycles. The summed E-state index contributed by atoms with van der Waals surface area (Å²) in [5.74, 6) is 0.397. The molecule has 0 saturated carbocycles. The minimum atomic E-state index is -0.146. The molecule has 0 aliphatic carbocycles. The van der Waals surface area contributed by atoms with Crippen LogP contribution in [0, 0.1) is 0 Å². The van der Waals surface area contributed by atoms with Gasteiger partial charge in [0.2, 0.25) is 5.88 Å². The second-order valence-electron chi connectivity index (χ2n) is 5.21. The van der Waals surface area contributed by atoms with E-state index < -0.39 is 0 Å². The summed E-state index contributed by atoms with van der Waals surface area (Å²) >= 11 is 0. The number of ether oxygens (including phenoxy) is 1. The SMILES string of the molecule is CCCCCCCCC(=O)Oc1cc2ccccc2[nH]1. The molecule has 1 N–H and O–H groups in total. The van der Waals surface area contributed by atoms with Crippen molar-refractivity contribution in [2.24, 2.45) is 0 Å². The van der Waals surface area contributed by atoms with E-state index in [1.54, 1.807) is 0 Å². The second-order valence-corrected chi connectivity index (χ2v) is 5.21. The number of benzene rings is 1. The molecule has 0 bridgehead atoms. The van der Waals surface area contributed by atoms with Gasteiger partial charge in [-0.1, -0.05) is 57.2 Å². The third kappa shape index (κ3) is 4.41. The summed E-state index contributed by atoms with van der Waals surface area (Å²) in [6, 6.07) is 9.77. The third-order valence-electron chi connectivity index (χ3n) is 3.46. The first-order chi connectivity index (χ1) is 9.79. The molecule has 0 unspecified atom stereocenters. The number of esters is 1. The molecule has 108 valence electrons. The van der Waals surface area contributed by atoms with Crippen molar-refractivity contribution in [3.05, 3.63) is 30.3 Å². The van der Waals surface area contributed by atoms with Gasteiger partial charge in [-0.15, -0.1) is 0 Å². The molecule has 0 atom stereocenters. The van der Waals surface area contributed by atoms with Crippen molar-refractivity contribution in [3.63, 3.8) is 0 Å². The zero-order valence-electron chi connectivity index (χ0n) is 12.2. The van der Waals surface area contributed by atoms with Crippen LogP contribution in [0.25, 0.3) is 10.9 Å². The summed E-state index contributed by atoms with van der Waals surface area (Å²) in [7, 11) is 0. The van der Waals surface area contributed by atoms with Crippen molar-refractivity contribution >= 4 is 16.9 Å². The van der Waals surface area contributed by atoms with E-state index in [4.69, 9.17) is 4.74 Å². The summed E-state index contributed by atoms with van der Waals surface area (Å²) in [6.07, 6.45) is 7.56. The molecule has 3 nitrogen and oxygen atoms in total. The minimum absolute atomic E-state index is 0.146. The third-order valence-corrected chi connectivity index (χ3v) is 3.46. The number of hydrogen-bond donors (Lipinski definition) is 1. The van der Waals surface area contributed by atoms with Gasteiger partial charge in [0, 0.05) is 23.4 Å². The summed E-state index contributed by atoms with van der Waals surface area (Å²) in [6.45, 7) is 2.21. The first-order valence-corrected chi connectivity index (χ1v) is 7.58. The predicted molar refractivity (Wildman–Crippen MR) is 81.9 cm³/mol. The Labute approximate surface area is 120 Å². The average Bonchev–Trinajstić information content (AvgIpc) is 2.84. The number of carbonyl (C=O) groups is 1. The topological polar surface area (TPSA) is 42.1 Å². The number of unbranched alkanes of at least 4 members (excludes halogenated alkanes) is 5. The summed E-state index contributed by atoms with van der Waals surface area (Å²) in [5.41, 5.74) is 0.995. The van der Waals surface area contributed by atoms with Crippen LogP contribution in [0.2, 0.25) is 0 Å². The molecule has 0 amide bonds. The van der Waals surface area contributed by atoms with Crippen molar-refractivity contribution in [3.8, 4) is 5.88 Å². The zero-order valence-corrected chi connectivity index (χ0v) is 12.2. The molecule has 20 heavy (non-hydrogen) atoms. The Hall–Kier alpha value is -1.77. The van der Waals surface area contributed by atoms with Crippen LogP contribution in [0.3, 0.4) is 0 Å². The minimum Gasteiger partial charge on any atom is -0.409 e. The van der Waals surface area contributed by atoms with Crippen molar-refractivity contribution in [1.82, 2.24) is 4.98 Å². The fraction of sp³-hybridized carbons (Fsp3) is 0.471. The molecule has 2 aromatic rings. The maximum absolute atomic E-state index is 11.7. The van der Waals surface area contributed by atoms with Crippen LogP contribution in [-0.4, -0.2) is 11.0 Å². The van der Waals surface area contributed by atoms with Gasteiger partial charge in [-0.3, -0.25) is 4.79 Å². The van der Waals surface area contributed by atoms with Gasteiger partial charge in [-0.2, -0.15) is 0 Å². The summed E-state index contributed by atoms with van der Waals surface area (Å²) in [4.78, 5) is 14.8. The molecule has 1 aromatic heterocycles. The Morgan fingerprint density at radius 1 is 1.10 bits per heavy atom. The highest BCUT2D eigenvalue weighted by Gasteiger charge is 2.07. The number of aromatic nitrogens is 1. The highest BCUT2D eigenvalue weighted by molar-refractivity contribution is 5.82. The average molecular weight is 273 g/mol. The van der Waals surface area contributed by atoms with Crippen LogP contribution >= 0.6 is 0 Å². The number of para-hydroxylation sites is 1. The highest BCUT2D eigenvalue weighted by atomic mass is 16.5. The normalized spacial score (nSPS) is 10.8. The number of fused-ring (bicyclic) bond motifs is 1. The Morgan fingerprint density at radius 2 is 1.85 bits per heavy atom. The first kappa shape index (κ1) is 14.6. The van der Waals surface area contributed by atoms with Crippen molar-refractivity contribution in [2.45, 2.75) is 51.9 Å². The van der Waals surface area contributed by atoms with E-state index in [0.29, 0.717) is 12.3 Å². The number of carbonyl (C=O) groups excluding carboxylic acids is 1. The predicted octanol–water partition coefficient (Wildman–Crippen LogP) is 4.82. The van der Waals surface area contributed by atoms with Gasteiger partial charge < -0.3 is 9.72 Å². The Morgan fingerprint density at radius 3 is 2.65 bits per heavy atom. The van der Waals surface area contributed by atoms with E-state index >= 15 is 0 Å². The van der Waals surface area contributed by atoms with Crippen LogP contribution in [0.1, 0.15) is 51.9 Å². The highest BCUT2D eigenvalue weighted by Crippen LogP contribution is 2.20. The number of nitrogens with one attached hydrogen (secondary N) is 1. The van der Waals surface area contributed by atoms with Gasteiger partial charge in [0.15, 0.2) is 0 Å². The van der Waals surface area contributed by atoms with E-state index in [9.17, 15) is 4.79 Å². The number of H-pyrrole nitrogens is 1. The van der Waals surface area contributed by atoms with Gasteiger partial charge in [-0.25, -0.2) is 0 Å². The van der Waals surface area contributed by atoms with Gasteiger partial charge in [0.25, 0.3) is 0 Å². The fourth-order valence-corrected chi connectivity index (χ4v) is 2.33. The molecule has 0 fully saturated rings. The molecular formula is C17H23NO2. The van der Waals surface area contributed by atoms with Crippen LogP contribution in [0.4, 0.5) is 0 Å². The Balaban J connectivity index is 1.71. The zero-order chi connectivity index (χ0) is 14.2. The molecule has 3 heteroatoms. The van der Waals surface area contributed by atoms with Crippen LogP contribution < -0.4 is 4.74 Å². The number of hydrogen-bond acceptors (Lipinski definition) is 2. The van der Waals surface area contributed by atoms with Gasteiger partial charge in [0.05, 0.1) is 0 Å². The van der Waals surface area contributed by atoms with E-state index in [2.05, 4.69) is 11.9 Å². The molecule has 2 rings (SSSR count). The van der Waals surface area contributed by atoms with E-state index in [1.807, 2.05) is 30.3 Å². The summed E-state index contributed by atoms with van der Waals surface area (Å²) in [5, 5.41) is 1.06. The second kappa shape index (κ2) is 7.73. The van der Waals surface area contributed by atoms with E-state index in [1.165, 1.54) is 25.7 Å². The van der Waals surface area contributed by atoms with E-state index in [0.717, 1.165) is 23.7 Å². The monoisotopic (exact) mass is 273 g/mol. The van der Waals surface area contributed by atoms with Gasteiger partial charge in [0.1, 0.15) is 0 Å². The van der Waals surface area contributed by atoms with E-state index in [-0.39, 0.29) is 5.97 Å². The molecule has 0 spiro atoms. The summed E-state index contributed by atoms with van der Waals surface area (Å²) < 4.78 is 5.33. The lowest BCUT2D eigenvalue weighted by molar-refractivity contribution is -0.134. The maximum Gasteiger partial charge on any atom is 0.312 e. The first-order valence-electron chi connectivity index (χ1n) is 7.58. The quantitative estimate of drug-likeness (QED) is 0.553. The van der Waals surface area contributed by atoms with Crippen LogP contribution in [0.5, 0.6) is 5.88 Å². The van der Waals surface area contributed by atoms with Crippen molar-refractivity contribution in [1.29, 1.82) is 0 Å². The van der Waals surface area contributed by atoms with Gasteiger partial charge >= 0.3 is 5.97 Å². The van der Waals surface area contributed by atoms with Crippen molar-refractivity contribution < 1.29 is 9.53 Å². The lowest BCUT2D eigenvalue weighted by Gasteiger charge is -2.02. The smallest absolute Gasteiger partial charge is 0.312 e. The molecule has 1 aromatic carbocycles. The largest absolute Gasteiger partial charge is 0.409 e. The van der Waals surface area contributed by atoms with Crippen molar-refractivity contribution in [2.75, 3.05) is 0 Å². The Bertz CT molecular complexity index is 512. The van der Waals surface area contributed by atoms with Crippen LogP contribution in [-0.2, 0) is 4.79 Å². The molecular weight excluding hydrogens is 250 g/mol. The molecule has 0 radical (unpaired) electrons. The van der Waals surface area contributed by atoms with Gasteiger partial charge in [-0.05, 0) is 12.5 Å². The fourth-order valence-electron chi connectivity index (χ4n) is 2.33. The molecule has 0 aliphatic rings. The number of aromatic amines is 1. The number of rotatable bonds is 8. The molecule has 1 heterocycles. The lowest BCUT2D eigenvalue weighted by Crippen LogP contribution is -2.07. The van der Waals surface area contributed by atoms with Crippen LogP contribution in [0.15, 0.2) is 30.3 Å². The maximum atomic E-state index is 11.7.